The summed E-state index contributed by atoms with van der Waals surface area (Å²) in [6.07, 6.45) is -0.947. The summed E-state index contributed by atoms with van der Waals surface area (Å²) in [6.45, 7) is 0.680. The first-order chi connectivity index (χ1) is 7.51. The van der Waals surface area contributed by atoms with Crippen molar-refractivity contribution >= 4 is 12.0 Å². The Balaban J connectivity index is 2.34. The van der Waals surface area contributed by atoms with E-state index < -0.39 is 23.2 Å². The van der Waals surface area contributed by atoms with Gasteiger partial charge in [0.15, 0.2) is 6.54 Å². The first-order valence-electron chi connectivity index (χ1n) is 4.57. The summed E-state index contributed by atoms with van der Waals surface area (Å²) in [5.74, 6) is -0.449. The number of hydrogen-bond acceptors (Lipinski definition) is 4. The summed E-state index contributed by atoms with van der Waals surface area (Å²) < 4.78 is 3.64. The van der Waals surface area contributed by atoms with Crippen LogP contribution >= 0.6 is 0 Å². The molecule has 6 heteroatoms. The van der Waals surface area contributed by atoms with Gasteiger partial charge in [-0.1, -0.05) is 22.3 Å². The maximum absolute atomic E-state index is 11.5. The third kappa shape index (κ3) is 1.71. The summed E-state index contributed by atoms with van der Waals surface area (Å²) in [7, 11) is 0. The van der Waals surface area contributed by atoms with Gasteiger partial charge >= 0.3 is 6.09 Å². The highest BCUT2D eigenvalue weighted by molar-refractivity contribution is 5.78. The number of quaternary nitrogens is 1. The highest BCUT2D eigenvalue weighted by atomic mass is 16.7. The molecular weight excluding hydrogens is 212 g/mol. The number of nitrogens with zero attached hydrogens (tertiary/aromatic N) is 1. The van der Waals surface area contributed by atoms with Gasteiger partial charge in [-0.15, -0.1) is 6.07 Å². The van der Waals surface area contributed by atoms with Gasteiger partial charge in [-0.25, -0.2) is 5.21 Å². The second-order valence-corrected chi connectivity index (χ2v) is 3.49. The van der Waals surface area contributed by atoms with E-state index in [9.17, 15) is 14.8 Å². The lowest BCUT2D eigenvalue weighted by Crippen LogP contribution is -2.55. The van der Waals surface area contributed by atoms with Crippen molar-refractivity contribution in [2.75, 3.05) is 6.54 Å². The lowest BCUT2D eigenvalue weighted by atomic mass is 10.1. The molecule has 84 valence electrons. The Morgan fingerprint density at radius 1 is 1.50 bits per heavy atom. The Hall–Kier alpha value is -2.05. The van der Waals surface area contributed by atoms with E-state index in [-0.39, 0.29) is 0 Å². The SMILES string of the molecule is NC(=O)C[N+]1(O)[CH-]c2ccccc2OC1=O. The van der Waals surface area contributed by atoms with Crippen LogP contribution in [0, 0.1) is 6.54 Å². The quantitative estimate of drug-likeness (QED) is 0.430. The number of benzene rings is 1. The molecule has 1 heterocycles. The van der Waals surface area contributed by atoms with Gasteiger partial charge in [0.25, 0.3) is 5.91 Å². The third-order valence-corrected chi connectivity index (χ3v) is 2.18. The lowest BCUT2D eigenvalue weighted by molar-refractivity contribution is -1.01. The Bertz CT molecular complexity index is 460. The van der Waals surface area contributed by atoms with Gasteiger partial charge in [-0.2, -0.15) is 10.9 Å². The Morgan fingerprint density at radius 2 is 2.19 bits per heavy atom. The van der Waals surface area contributed by atoms with Crippen LogP contribution in [0.4, 0.5) is 4.79 Å². The van der Waals surface area contributed by atoms with Gasteiger partial charge < -0.3 is 10.5 Å². The van der Waals surface area contributed by atoms with Crippen molar-refractivity contribution in [1.82, 2.24) is 0 Å². The van der Waals surface area contributed by atoms with E-state index in [0.717, 1.165) is 0 Å². The summed E-state index contributed by atoms with van der Waals surface area (Å²) in [5.41, 5.74) is 5.48. The molecule has 0 aromatic heterocycles. The fraction of sp³-hybridized carbons (Fsp3) is 0.100. The van der Waals surface area contributed by atoms with Crippen LogP contribution in [0.3, 0.4) is 0 Å². The molecule has 1 unspecified atom stereocenters. The molecule has 6 nitrogen and oxygen atoms in total. The second kappa shape index (κ2) is 3.51. The van der Waals surface area contributed by atoms with Gasteiger partial charge in [0.2, 0.25) is 0 Å². The molecule has 2 amide bonds. The molecule has 1 atom stereocenters. The topological polar surface area (TPSA) is 89.6 Å². The minimum Gasteiger partial charge on any atom is -0.442 e. The van der Waals surface area contributed by atoms with Crippen LogP contribution in [0.15, 0.2) is 24.3 Å². The molecule has 0 aliphatic carbocycles. The van der Waals surface area contributed by atoms with Crippen LogP contribution in [0.5, 0.6) is 5.75 Å². The van der Waals surface area contributed by atoms with Crippen molar-refractivity contribution in [2.45, 2.75) is 0 Å². The largest absolute Gasteiger partial charge is 0.537 e. The smallest absolute Gasteiger partial charge is 0.442 e. The molecule has 1 aromatic rings. The number of ether oxygens (including phenoxy) is 1. The monoisotopic (exact) mass is 222 g/mol. The lowest BCUT2D eigenvalue weighted by Gasteiger charge is -2.34. The normalized spacial score (nSPS) is 22.9. The molecule has 0 radical (unpaired) electrons. The predicted molar refractivity (Wildman–Crippen MR) is 52.0 cm³/mol. The second-order valence-electron chi connectivity index (χ2n) is 3.49. The van der Waals surface area contributed by atoms with Crippen LogP contribution in [0.1, 0.15) is 5.56 Å². The molecule has 0 bridgehead atoms. The van der Waals surface area contributed by atoms with Crippen molar-refractivity contribution in [1.29, 1.82) is 0 Å². The van der Waals surface area contributed by atoms with Crippen molar-refractivity contribution in [2.24, 2.45) is 5.73 Å². The maximum atomic E-state index is 11.5. The van der Waals surface area contributed by atoms with Crippen molar-refractivity contribution in [3.05, 3.63) is 36.4 Å². The van der Waals surface area contributed by atoms with Crippen LogP contribution < -0.4 is 10.5 Å². The van der Waals surface area contributed by atoms with Gasteiger partial charge in [-0.3, -0.25) is 4.79 Å². The Labute approximate surface area is 91.4 Å². The van der Waals surface area contributed by atoms with Crippen LogP contribution in [0.2, 0.25) is 0 Å². The van der Waals surface area contributed by atoms with E-state index in [4.69, 9.17) is 10.5 Å². The average molecular weight is 222 g/mol. The van der Waals surface area contributed by atoms with Crippen molar-refractivity contribution < 1.29 is 24.2 Å². The number of rotatable bonds is 2. The van der Waals surface area contributed by atoms with Crippen LogP contribution in [-0.4, -0.2) is 28.4 Å². The number of hydroxylamine groups is 3. The van der Waals surface area contributed by atoms with E-state index >= 15 is 0 Å². The Morgan fingerprint density at radius 3 is 2.88 bits per heavy atom. The number of carbonyl (C=O) groups excluding carboxylic acids is 2. The number of nitrogens with two attached hydrogens (primary N) is 1. The van der Waals surface area contributed by atoms with E-state index in [0.29, 0.717) is 11.3 Å². The molecule has 1 aliphatic heterocycles. The zero-order valence-corrected chi connectivity index (χ0v) is 8.29. The molecule has 0 saturated carbocycles. The van der Waals surface area contributed by atoms with E-state index in [1.54, 1.807) is 24.3 Å². The predicted octanol–water partition coefficient (Wildman–Crippen LogP) is 0.400. The van der Waals surface area contributed by atoms with Crippen molar-refractivity contribution in [3.8, 4) is 5.75 Å². The molecule has 2 rings (SSSR count). The molecule has 0 fully saturated rings. The first kappa shape index (κ1) is 10.5. The standard InChI is InChI=1S/C10H10N2O4/c11-9(13)6-12(15)5-7-3-1-2-4-8(7)16-10(12)14/h1-5,15H,6H2,(H2,11,13). The number of carbonyl (C=O) groups is 2. The minimum atomic E-state index is -1.26. The third-order valence-electron chi connectivity index (χ3n) is 2.18. The highest BCUT2D eigenvalue weighted by Crippen LogP contribution is 2.30. The fourth-order valence-corrected chi connectivity index (χ4v) is 1.48. The zero-order valence-electron chi connectivity index (χ0n) is 8.29. The molecule has 3 N–H and O–H groups in total. The van der Waals surface area contributed by atoms with Crippen LogP contribution in [0.25, 0.3) is 0 Å². The Kier molecular flexibility index (Phi) is 2.30. The van der Waals surface area contributed by atoms with E-state index in [2.05, 4.69) is 0 Å². The minimum absolute atomic E-state index is 0.347. The average Bonchev–Trinajstić information content (AvgIpc) is 2.18. The number of amides is 2. The first-order valence-corrected chi connectivity index (χ1v) is 4.57. The van der Waals surface area contributed by atoms with E-state index in [1.807, 2.05) is 0 Å². The van der Waals surface area contributed by atoms with Gasteiger partial charge in [0.1, 0.15) is 0 Å². The summed E-state index contributed by atoms with van der Waals surface area (Å²) >= 11 is 0. The summed E-state index contributed by atoms with van der Waals surface area (Å²) in [6, 6.07) is 6.68. The summed E-state index contributed by atoms with van der Waals surface area (Å²) in [5, 5.41) is 9.86. The van der Waals surface area contributed by atoms with Gasteiger partial charge in [0, 0.05) is 12.3 Å². The van der Waals surface area contributed by atoms with Crippen molar-refractivity contribution in [3.63, 3.8) is 0 Å². The fourth-order valence-electron chi connectivity index (χ4n) is 1.48. The molecule has 0 saturated heterocycles. The summed E-state index contributed by atoms with van der Waals surface area (Å²) in [4.78, 5) is 22.2. The molecule has 1 aromatic carbocycles. The van der Waals surface area contributed by atoms with Crippen LogP contribution in [-0.2, 0) is 4.79 Å². The number of para-hydroxylation sites is 1. The molecule has 0 spiro atoms. The number of hydrogen-bond donors (Lipinski definition) is 2. The number of primary amides is 1. The van der Waals surface area contributed by atoms with Gasteiger partial charge in [-0.05, 0) is 0 Å². The van der Waals surface area contributed by atoms with E-state index in [1.165, 1.54) is 6.54 Å². The van der Waals surface area contributed by atoms with Gasteiger partial charge in [0.05, 0.1) is 0 Å². The maximum Gasteiger partial charge on any atom is 0.537 e. The molecular formula is C10H10N2O4. The number of fused-ring (bicyclic) bond motifs is 1. The zero-order chi connectivity index (χ0) is 11.8. The highest BCUT2D eigenvalue weighted by Gasteiger charge is 2.40. The molecule has 16 heavy (non-hydrogen) atoms. The molecule has 1 aliphatic rings.